The molecule has 0 aliphatic heterocycles. The van der Waals surface area contributed by atoms with E-state index in [0.717, 1.165) is 44.1 Å². The lowest BCUT2D eigenvalue weighted by Gasteiger charge is -2.15. The fourth-order valence-electron chi connectivity index (χ4n) is 4.94. The third kappa shape index (κ3) is 4.46. The Morgan fingerprint density at radius 2 is 1.58 bits per heavy atom. The SMILES string of the molecule is CCNC(=O)c1c(NC(=O)NCc2c(-n3cccc3)sc3c2CCCC3)sc2c1CCCC2. The van der Waals surface area contributed by atoms with Gasteiger partial charge in [-0.2, -0.15) is 0 Å². The lowest BCUT2D eigenvalue weighted by molar-refractivity contribution is 0.0956. The molecular weight excluding hydrogens is 452 g/mol. The second-order valence-corrected chi connectivity index (χ2v) is 10.9. The number of amides is 3. The molecule has 6 nitrogen and oxygen atoms in total. The van der Waals surface area contributed by atoms with Gasteiger partial charge in [-0.1, -0.05) is 0 Å². The summed E-state index contributed by atoms with van der Waals surface area (Å²) in [5.74, 6) is -0.0889. The first-order valence-corrected chi connectivity index (χ1v) is 13.5. The Hall–Kier alpha value is -2.58. The topological polar surface area (TPSA) is 75.2 Å². The van der Waals surface area contributed by atoms with Crippen molar-refractivity contribution in [1.29, 1.82) is 0 Å². The zero-order valence-corrected chi connectivity index (χ0v) is 20.6. The van der Waals surface area contributed by atoms with Gasteiger partial charge in [-0.3, -0.25) is 10.1 Å². The lowest BCUT2D eigenvalue weighted by atomic mass is 9.95. The normalized spacial score (nSPS) is 14.9. The number of hydrogen-bond donors (Lipinski definition) is 3. The van der Waals surface area contributed by atoms with Gasteiger partial charge < -0.3 is 15.2 Å². The van der Waals surface area contributed by atoms with Crippen molar-refractivity contribution < 1.29 is 9.59 Å². The molecule has 33 heavy (non-hydrogen) atoms. The van der Waals surface area contributed by atoms with Gasteiger partial charge in [-0.25, -0.2) is 4.79 Å². The summed E-state index contributed by atoms with van der Waals surface area (Å²) in [4.78, 5) is 28.4. The van der Waals surface area contributed by atoms with Crippen molar-refractivity contribution in [3.05, 3.63) is 56.5 Å². The summed E-state index contributed by atoms with van der Waals surface area (Å²) in [5.41, 5.74) is 4.40. The van der Waals surface area contributed by atoms with Crippen molar-refractivity contribution in [3.8, 4) is 5.00 Å². The molecule has 8 heteroatoms. The molecule has 3 heterocycles. The van der Waals surface area contributed by atoms with Gasteiger partial charge in [0.15, 0.2) is 0 Å². The molecule has 3 aromatic heterocycles. The highest BCUT2D eigenvalue weighted by Crippen LogP contribution is 2.39. The number of anilines is 1. The van der Waals surface area contributed by atoms with Crippen molar-refractivity contribution >= 4 is 39.6 Å². The zero-order valence-electron chi connectivity index (χ0n) is 19.0. The fraction of sp³-hybridized carbons (Fsp3) is 0.440. The molecule has 0 spiro atoms. The van der Waals surface area contributed by atoms with Gasteiger partial charge in [0.2, 0.25) is 0 Å². The third-order valence-electron chi connectivity index (χ3n) is 6.49. The highest BCUT2D eigenvalue weighted by Gasteiger charge is 2.27. The summed E-state index contributed by atoms with van der Waals surface area (Å²) >= 11 is 3.40. The quantitative estimate of drug-likeness (QED) is 0.438. The van der Waals surface area contributed by atoms with Crippen LogP contribution in [0.1, 0.15) is 69.4 Å². The summed E-state index contributed by atoms with van der Waals surface area (Å²) in [6.07, 6.45) is 12.9. The highest BCUT2D eigenvalue weighted by molar-refractivity contribution is 7.17. The number of rotatable bonds is 6. The molecule has 0 bridgehead atoms. The first-order valence-electron chi connectivity index (χ1n) is 11.9. The number of thiophene rings is 2. The number of nitrogens with zero attached hydrogens (tertiary/aromatic N) is 1. The van der Waals surface area contributed by atoms with E-state index < -0.39 is 0 Å². The Morgan fingerprint density at radius 1 is 0.909 bits per heavy atom. The molecule has 0 unspecified atom stereocenters. The van der Waals surface area contributed by atoms with Gasteiger partial charge in [0.25, 0.3) is 5.91 Å². The predicted octanol–water partition coefficient (Wildman–Crippen LogP) is 5.43. The molecule has 3 N–H and O–H groups in total. The Kier molecular flexibility index (Phi) is 6.55. The molecule has 0 fully saturated rings. The average Bonchev–Trinajstić information content (AvgIpc) is 3.54. The standard InChI is InChI=1S/C25H30N4O2S2/c1-2-26-22(30)21-17-10-4-6-12-20(17)32-23(21)28-25(31)27-15-18-16-9-3-5-11-19(16)33-24(18)29-13-7-8-14-29/h7-8,13-14H,2-6,9-12,15H2,1H3,(H,26,30)(H2,27,28,31). The largest absolute Gasteiger partial charge is 0.352 e. The first-order chi connectivity index (χ1) is 16.2. The number of carbonyl (C=O) groups excluding carboxylic acids is 2. The summed E-state index contributed by atoms with van der Waals surface area (Å²) in [5, 5.41) is 10.9. The molecule has 0 saturated heterocycles. The van der Waals surface area contributed by atoms with E-state index in [1.807, 2.05) is 30.4 Å². The minimum absolute atomic E-state index is 0.0889. The maximum atomic E-state index is 13.0. The number of aryl methyl sites for hydroxylation is 2. The minimum atomic E-state index is -0.256. The Labute approximate surface area is 202 Å². The minimum Gasteiger partial charge on any atom is -0.352 e. The number of aromatic nitrogens is 1. The number of urea groups is 1. The average molecular weight is 483 g/mol. The predicted molar refractivity (Wildman–Crippen MR) is 135 cm³/mol. The number of hydrogen-bond acceptors (Lipinski definition) is 4. The van der Waals surface area contributed by atoms with Crippen LogP contribution >= 0.6 is 22.7 Å². The Morgan fingerprint density at radius 3 is 2.30 bits per heavy atom. The van der Waals surface area contributed by atoms with E-state index in [0.29, 0.717) is 23.7 Å². The van der Waals surface area contributed by atoms with Crippen LogP contribution in [0.15, 0.2) is 24.5 Å². The van der Waals surface area contributed by atoms with Crippen LogP contribution < -0.4 is 16.0 Å². The van der Waals surface area contributed by atoms with Crippen LogP contribution in [0.5, 0.6) is 0 Å². The maximum Gasteiger partial charge on any atom is 0.320 e. The van der Waals surface area contributed by atoms with Crippen molar-refractivity contribution in [2.45, 2.75) is 64.8 Å². The van der Waals surface area contributed by atoms with Crippen molar-refractivity contribution in [1.82, 2.24) is 15.2 Å². The van der Waals surface area contributed by atoms with Crippen LogP contribution in [0, 0.1) is 0 Å². The lowest BCUT2D eigenvalue weighted by Crippen LogP contribution is -2.30. The molecule has 2 aliphatic rings. The number of nitrogens with one attached hydrogen (secondary N) is 3. The van der Waals surface area contributed by atoms with Gasteiger partial charge >= 0.3 is 6.03 Å². The molecule has 0 saturated carbocycles. The van der Waals surface area contributed by atoms with E-state index >= 15 is 0 Å². The third-order valence-corrected chi connectivity index (χ3v) is 9.04. The van der Waals surface area contributed by atoms with Crippen molar-refractivity contribution in [2.75, 3.05) is 11.9 Å². The second-order valence-electron chi connectivity index (χ2n) is 8.67. The molecule has 0 aromatic carbocycles. The zero-order chi connectivity index (χ0) is 22.8. The van der Waals surface area contributed by atoms with E-state index in [9.17, 15) is 9.59 Å². The molecule has 2 aliphatic carbocycles. The van der Waals surface area contributed by atoms with Crippen molar-refractivity contribution in [3.63, 3.8) is 0 Å². The molecule has 0 radical (unpaired) electrons. The number of carbonyl (C=O) groups is 2. The maximum absolute atomic E-state index is 13.0. The molecule has 0 atom stereocenters. The smallest absolute Gasteiger partial charge is 0.320 e. The van der Waals surface area contributed by atoms with Gasteiger partial charge in [-0.05, 0) is 81.5 Å². The van der Waals surface area contributed by atoms with Crippen LogP contribution in [0.2, 0.25) is 0 Å². The Balaban J connectivity index is 1.36. The van der Waals surface area contributed by atoms with Crippen molar-refractivity contribution in [2.24, 2.45) is 0 Å². The molecule has 3 amide bonds. The second kappa shape index (κ2) is 9.73. The van der Waals surface area contributed by atoms with E-state index in [-0.39, 0.29) is 11.9 Å². The van der Waals surface area contributed by atoms with Crippen LogP contribution in [-0.4, -0.2) is 23.1 Å². The molecule has 5 rings (SSSR count). The van der Waals surface area contributed by atoms with Crippen LogP contribution in [-0.2, 0) is 32.2 Å². The van der Waals surface area contributed by atoms with Gasteiger partial charge in [0.05, 0.1) is 5.56 Å². The van der Waals surface area contributed by atoms with E-state index in [1.165, 1.54) is 38.7 Å². The molecular formula is C25H30N4O2S2. The van der Waals surface area contributed by atoms with Crippen LogP contribution in [0.3, 0.4) is 0 Å². The van der Waals surface area contributed by atoms with Crippen LogP contribution in [0.25, 0.3) is 5.00 Å². The number of fused-ring (bicyclic) bond motifs is 2. The van der Waals surface area contributed by atoms with E-state index in [4.69, 9.17) is 0 Å². The summed E-state index contributed by atoms with van der Waals surface area (Å²) < 4.78 is 2.15. The van der Waals surface area contributed by atoms with Gasteiger partial charge in [-0.15, -0.1) is 22.7 Å². The van der Waals surface area contributed by atoms with E-state index in [1.54, 1.807) is 11.3 Å². The summed E-state index contributed by atoms with van der Waals surface area (Å²) in [7, 11) is 0. The van der Waals surface area contributed by atoms with Gasteiger partial charge in [0, 0.05) is 40.8 Å². The molecule has 3 aromatic rings. The highest BCUT2D eigenvalue weighted by atomic mass is 32.1. The monoisotopic (exact) mass is 482 g/mol. The van der Waals surface area contributed by atoms with E-state index in [2.05, 4.69) is 32.9 Å². The molecule has 174 valence electrons. The summed E-state index contributed by atoms with van der Waals surface area (Å²) in [6, 6.07) is 3.81. The first kappa shape index (κ1) is 22.2. The Bertz CT molecular complexity index is 1160. The van der Waals surface area contributed by atoms with Gasteiger partial charge in [0.1, 0.15) is 10.0 Å². The van der Waals surface area contributed by atoms with Crippen LogP contribution in [0.4, 0.5) is 9.80 Å². The fourth-order valence-corrected chi connectivity index (χ4v) is 7.59. The summed E-state index contributed by atoms with van der Waals surface area (Å²) in [6.45, 7) is 2.97.